The highest BCUT2D eigenvalue weighted by atomic mass is 14.9. The molecule has 0 radical (unpaired) electrons. The van der Waals surface area contributed by atoms with E-state index in [9.17, 15) is 0 Å². The molecule has 0 aromatic heterocycles. The van der Waals surface area contributed by atoms with Gasteiger partial charge in [-0.25, -0.2) is 0 Å². The molecule has 1 aromatic rings. The van der Waals surface area contributed by atoms with Gasteiger partial charge in [0, 0.05) is 6.04 Å². The Labute approximate surface area is 118 Å². The number of hydrogen-bond donors (Lipinski definition) is 1. The first-order chi connectivity index (χ1) is 9.13. The zero-order valence-corrected chi connectivity index (χ0v) is 12.9. The molecule has 106 valence electrons. The monoisotopic (exact) mass is 259 g/mol. The SMILES string of the molecule is CNC(CC1CCCc2ccccc21)C(C)C(C)C. The minimum atomic E-state index is 0.635. The van der Waals surface area contributed by atoms with Gasteiger partial charge in [0.1, 0.15) is 0 Å². The summed E-state index contributed by atoms with van der Waals surface area (Å²) in [6, 6.07) is 9.70. The smallest absolute Gasteiger partial charge is 0.00979 e. The predicted molar refractivity (Wildman–Crippen MR) is 83.6 cm³/mol. The second-order valence-corrected chi connectivity index (χ2v) is 6.52. The summed E-state index contributed by atoms with van der Waals surface area (Å²) >= 11 is 0. The maximum atomic E-state index is 3.56. The van der Waals surface area contributed by atoms with Crippen molar-refractivity contribution in [2.24, 2.45) is 11.8 Å². The largest absolute Gasteiger partial charge is 0.317 e. The molecule has 0 spiro atoms. The Hall–Kier alpha value is -0.820. The highest BCUT2D eigenvalue weighted by Gasteiger charge is 2.26. The van der Waals surface area contributed by atoms with E-state index in [-0.39, 0.29) is 0 Å². The molecule has 0 bridgehead atoms. The van der Waals surface area contributed by atoms with Gasteiger partial charge in [-0.1, -0.05) is 45.0 Å². The molecule has 0 saturated carbocycles. The van der Waals surface area contributed by atoms with Gasteiger partial charge in [0.25, 0.3) is 0 Å². The number of benzene rings is 1. The van der Waals surface area contributed by atoms with Crippen LogP contribution in [0.5, 0.6) is 0 Å². The van der Waals surface area contributed by atoms with E-state index >= 15 is 0 Å². The molecule has 3 atom stereocenters. The average Bonchev–Trinajstić information content (AvgIpc) is 2.44. The summed E-state index contributed by atoms with van der Waals surface area (Å²) in [7, 11) is 2.12. The Morgan fingerprint density at radius 2 is 1.95 bits per heavy atom. The van der Waals surface area contributed by atoms with Crippen molar-refractivity contribution in [1.82, 2.24) is 5.32 Å². The van der Waals surface area contributed by atoms with Crippen molar-refractivity contribution in [2.75, 3.05) is 7.05 Å². The van der Waals surface area contributed by atoms with Crippen LogP contribution in [0.3, 0.4) is 0 Å². The van der Waals surface area contributed by atoms with Crippen LogP contribution in [0.1, 0.15) is 57.1 Å². The van der Waals surface area contributed by atoms with Crippen LogP contribution >= 0.6 is 0 Å². The van der Waals surface area contributed by atoms with Crippen LogP contribution in [0.2, 0.25) is 0 Å². The fourth-order valence-electron chi connectivity index (χ4n) is 3.47. The normalized spacial score (nSPS) is 22.1. The van der Waals surface area contributed by atoms with Gasteiger partial charge in [-0.15, -0.1) is 0 Å². The van der Waals surface area contributed by atoms with Crippen LogP contribution in [-0.4, -0.2) is 13.1 Å². The van der Waals surface area contributed by atoms with Gasteiger partial charge >= 0.3 is 0 Å². The molecule has 0 aliphatic heterocycles. The van der Waals surface area contributed by atoms with Gasteiger partial charge in [0.05, 0.1) is 0 Å². The number of fused-ring (bicyclic) bond motifs is 1. The maximum Gasteiger partial charge on any atom is 0.00979 e. The topological polar surface area (TPSA) is 12.0 Å². The Bertz CT molecular complexity index is 396. The summed E-state index contributed by atoms with van der Waals surface area (Å²) in [5.74, 6) is 2.24. The van der Waals surface area contributed by atoms with Crippen molar-refractivity contribution in [1.29, 1.82) is 0 Å². The number of hydrogen-bond acceptors (Lipinski definition) is 1. The van der Waals surface area contributed by atoms with Crippen LogP contribution < -0.4 is 5.32 Å². The molecule has 1 aromatic carbocycles. The summed E-state index contributed by atoms with van der Waals surface area (Å²) in [5.41, 5.74) is 3.20. The Balaban J connectivity index is 2.11. The first-order valence-corrected chi connectivity index (χ1v) is 7.88. The van der Waals surface area contributed by atoms with E-state index in [1.165, 1.54) is 25.7 Å². The molecule has 1 aliphatic rings. The van der Waals surface area contributed by atoms with E-state index in [0.29, 0.717) is 6.04 Å². The molecule has 19 heavy (non-hydrogen) atoms. The van der Waals surface area contributed by atoms with Gasteiger partial charge in [-0.2, -0.15) is 0 Å². The van der Waals surface area contributed by atoms with Crippen molar-refractivity contribution < 1.29 is 0 Å². The van der Waals surface area contributed by atoms with Crippen LogP contribution in [0.4, 0.5) is 0 Å². The molecule has 3 unspecified atom stereocenters. The van der Waals surface area contributed by atoms with Gasteiger partial charge in [0.15, 0.2) is 0 Å². The molecule has 1 nitrogen and oxygen atoms in total. The molecule has 0 heterocycles. The van der Waals surface area contributed by atoms with Gasteiger partial charge in [-0.05, 0) is 61.6 Å². The molecule has 2 rings (SSSR count). The van der Waals surface area contributed by atoms with Crippen molar-refractivity contribution >= 4 is 0 Å². The molecule has 1 aliphatic carbocycles. The first-order valence-electron chi connectivity index (χ1n) is 7.88. The third kappa shape index (κ3) is 3.39. The second-order valence-electron chi connectivity index (χ2n) is 6.52. The Kier molecular flexibility index (Phi) is 5.04. The number of nitrogens with one attached hydrogen (secondary N) is 1. The summed E-state index contributed by atoms with van der Waals surface area (Å²) < 4.78 is 0. The third-order valence-electron chi connectivity index (χ3n) is 5.09. The third-order valence-corrected chi connectivity index (χ3v) is 5.09. The van der Waals surface area contributed by atoms with Gasteiger partial charge in [-0.3, -0.25) is 0 Å². The van der Waals surface area contributed by atoms with Crippen molar-refractivity contribution in [3.63, 3.8) is 0 Å². The molecule has 1 heteroatoms. The minimum absolute atomic E-state index is 0.635. The molecular weight excluding hydrogens is 230 g/mol. The highest BCUT2D eigenvalue weighted by Crippen LogP contribution is 2.36. The number of rotatable bonds is 5. The summed E-state index contributed by atoms with van der Waals surface area (Å²) in [5, 5.41) is 3.56. The highest BCUT2D eigenvalue weighted by molar-refractivity contribution is 5.32. The first kappa shape index (κ1) is 14.6. The second kappa shape index (κ2) is 6.56. The van der Waals surface area contributed by atoms with Crippen LogP contribution in [0.15, 0.2) is 24.3 Å². The Morgan fingerprint density at radius 1 is 1.21 bits per heavy atom. The number of aryl methyl sites for hydroxylation is 1. The van der Waals surface area contributed by atoms with E-state index < -0.39 is 0 Å². The van der Waals surface area contributed by atoms with Crippen LogP contribution in [0.25, 0.3) is 0 Å². The molecule has 0 amide bonds. The molecular formula is C18H29N. The lowest BCUT2D eigenvalue weighted by Crippen LogP contribution is -2.36. The van der Waals surface area contributed by atoms with Crippen molar-refractivity contribution in [3.05, 3.63) is 35.4 Å². The fourth-order valence-corrected chi connectivity index (χ4v) is 3.47. The average molecular weight is 259 g/mol. The van der Waals surface area contributed by atoms with Crippen LogP contribution in [-0.2, 0) is 6.42 Å². The lowest BCUT2D eigenvalue weighted by Gasteiger charge is -2.33. The fraction of sp³-hybridized carbons (Fsp3) is 0.667. The van der Waals surface area contributed by atoms with E-state index in [1.807, 2.05) is 0 Å². The summed E-state index contributed by atoms with van der Waals surface area (Å²) in [4.78, 5) is 0. The van der Waals surface area contributed by atoms with Crippen molar-refractivity contribution in [3.8, 4) is 0 Å². The zero-order valence-electron chi connectivity index (χ0n) is 12.9. The lowest BCUT2D eigenvalue weighted by molar-refractivity contribution is 0.278. The Morgan fingerprint density at radius 3 is 2.63 bits per heavy atom. The quantitative estimate of drug-likeness (QED) is 0.827. The van der Waals surface area contributed by atoms with Crippen molar-refractivity contribution in [2.45, 2.75) is 58.4 Å². The van der Waals surface area contributed by atoms with Gasteiger partial charge in [0.2, 0.25) is 0 Å². The lowest BCUT2D eigenvalue weighted by atomic mass is 9.76. The van der Waals surface area contributed by atoms with E-state index in [1.54, 1.807) is 11.1 Å². The summed E-state index contributed by atoms with van der Waals surface area (Å²) in [6.45, 7) is 7.06. The molecule has 0 saturated heterocycles. The van der Waals surface area contributed by atoms with Gasteiger partial charge < -0.3 is 5.32 Å². The predicted octanol–water partition coefficient (Wildman–Crippen LogP) is 4.38. The maximum absolute atomic E-state index is 3.56. The van der Waals surface area contributed by atoms with E-state index in [2.05, 4.69) is 57.4 Å². The van der Waals surface area contributed by atoms with E-state index in [4.69, 9.17) is 0 Å². The molecule has 0 fully saturated rings. The molecule has 1 N–H and O–H groups in total. The summed E-state index contributed by atoms with van der Waals surface area (Å²) in [6.07, 6.45) is 5.28. The minimum Gasteiger partial charge on any atom is -0.317 e. The zero-order chi connectivity index (χ0) is 13.8. The van der Waals surface area contributed by atoms with E-state index in [0.717, 1.165) is 17.8 Å². The van der Waals surface area contributed by atoms with Crippen LogP contribution in [0, 0.1) is 11.8 Å². The standard InChI is InChI=1S/C18H29N/c1-13(2)14(3)18(19-4)12-16-10-7-9-15-8-5-6-11-17(15)16/h5-6,8,11,13-14,16,18-19H,7,9-10,12H2,1-4H3.